The molecule has 0 aromatic carbocycles. The Morgan fingerprint density at radius 3 is 1.17 bits per heavy atom. The van der Waals surface area contributed by atoms with Crippen LogP contribution in [0.4, 0.5) is 0 Å². The summed E-state index contributed by atoms with van der Waals surface area (Å²) in [5, 5.41) is 56.2. The van der Waals surface area contributed by atoms with Gasteiger partial charge in [-0.1, -0.05) is 91.0 Å². The highest BCUT2D eigenvalue weighted by Crippen LogP contribution is 2.31. The number of ketones is 1. The van der Waals surface area contributed by atoms with Crippen molar-refractivity contribution in [2.75, 3.05) is 34.2 Å². The Morgan fingerprint density at radius 2 is 1.02 bits per heavy atom. The van der Waals surface area contributed by atoms with Crippen molar-refractivity contribution in [1.82, 2.24) is 0 Å². The molecule has 1 aliphatic carbocycles. The van der Waals surface area contributed by atoms with Crippen molar-refractivity contribution in [3.8, 4) is 0 Å². The van der Waals surface area contributed by atoms with Crippen LogP contribution in [0.15, 0.2) is 0 Å². The van der Waals surface area contributed by atoms with Crippen LogP contribution in [-0.2, 0) is 4.79 Å². The molecule has 1 rings (SSSR count). The molecule has 0 amide bonds. The first-order valence-corrected chi connectivity index (χ1v) is 17.6. The molecule has 0 aromatic rings. The normalized spacial score (nSPS) is 23.2. The lowest BCUT2D eigenvalue weighted by Crippen LogP contribution is -2.62. The Kier molecular flexibility index (Phi) is 39.9. The van der Waals surface area contributed by atoms with Gasteiger partial charge in [0.25, 0.3) is 0 Å². The second kappa shape index (κ2) is 32.2. The molecule has 0 saturated heterocycles. The fourth-order valence-corrected chi connectivity index (χ4v) is 4.42. The number of Topliss-reactive ketones (excluding diaryl/α,β-unsaturated/α-hetero) is 1. The van der Waals surface area contributed by atoms with Crippen molar-refractivity contribution in [3.63, 3.8) is 0 Å². The molecule has 0 heterocycles. The first-order valence-electron chi connectivity index (χ1n) is 17.6. The molecule has 48 heavy (non-hydrogen) atoms. The minimum Gasteiger partial charge on any atom is -0.393 e. The van der Waals surface area contributed by atoms with Crippen LogP contribution in [0.3, 0.4) is 0 Å². The molecule has 1 fully saturated rings. The maximum absolute atomic E-state index is 10.6. The molecule has 1 aliphatic rings. The topological polar surface area (TPSA) is 190 Å². The van der Waals surface area contributed by atoms with E-state index in [0.717, 1.165) is 48.5 Å². The maximum atomic E-state index is 10.6. The lowest BCUT2D eigenvalue weighted by atomic mass is 9.73. The van der Waals surface area contributed by atoms with Crippen LogP contribution in [0.25, 0.3) is 0 Å². The van der Waals surface area contributed by atoms with Gasteiger partial charge in [0.05, 0.1) is 52.0 Å². The fraction of sp³-hybridized carbons (Fsp3) is 0.974. The number of hydrogen-bond donors (Lipinski definition) is 8. The van der Waals surface area contributed by atoms with Gasteiger partial charge in [-0.15, -0.1) is 0 Å². The van der Waals surface area contributed by atoms with Gasteiger partial charge in [-0.3, -0.25) is 4.79 Å². The average Bonchev–Trinajstić information content (AvgIpc) is 2.89. The minimum atomic E-state index is -1.49. The molecule has 298 valence electrons. The highest BCUT2D eigenvalue weighted by Gasteiger charge is 2.48. The third kappa shape index (κ3) is 35.1. The highest BCUT2D eigenvalue weighted by atomic mass is 16.4. The summed E-state index contributed by atoms with van der Waals surface area (Å²) in [6.07, 6.45) is -1.66. The highest BCUT2D eigenvalue weighted by molar-refractivity contribution is 5.81. The average molecular weight is 701 g/mol. The van der Waals surface area contributed by atoms with E-state index < -0.39 is 36.4 Å². The summed E-state index contributed by atoms with van der Waals surface area (Å²) in [6.45, 7) is 26.5. The molecule has 0 aromatic heterocycles. The number of aliphatic hydroxyl groups excluding tert-OH is 6. The molecule has 0 spiro atoms. The molecule has 5 unspecified atom stereocenters. The van der Waals surface area contributed by atoms with E-state index in [9.17, 15) is 30.3 Å². The van der Waals surface area contributed by atoms with Gasteiger partial charge in [-0.05, 0) is 75.2 Å². The first kappa shape index (κ1) is 59.5. The molecule has 10 nitrogen and oxygen atoms in total. The van der Waals surface area contributed by atoms with Gasteiger partial charge < -0.3 is 46.6 Å². The molecule has 0 radical (unpaired) electrons. The lowest BCUT2D eigenvalue weighted by molar-refractivity contribution is -0.870. The van der Waals surface area contributed by atoms with E-state index in [0.29, 0.717) is 11.8 Å². The van der Waals surface area contributed by atoms with Crippen molar-refractivity contribution >= 4 is 5.78 Å². The Bertz CT molecular complexity index is 684. The number of hydrogen-bond acceptors (Lipinski definition) is 9. The van der Waals surface area contributed by atoms with Crippen LogP contribution in [0.1, 0.15) is 130 Å². The number of aliphatic hydroxyl groups is 6. The molecule has 10 N–H and O–H groups in total. The zero-order valence-corrected chi connectivity index (χ0v) is 32.6. The summed E-state index contributed by atoms with van der Waals surface area (Å²) in [4.78, 5) is 10.6. The fourth-order valence-electron chi connectivity index (χ4n) is 4.42. The third-order valence-electron chi connectivity index (χ3n) is 7.54. The largest absolute Gasteiger partial charge is 0.393 e. The zero-order valence-electron chi connectivity index (χ0n) is 32.6. The minimum absolute atomic E-state index is 0. The number of carbonyl (C=O) groups is 1. The van der Waals surface area contributed by atoms with Gasteiger partial charge in [-0.25, -0.2) is 0 Å². The zero-order chi connectivity index (χ0) is 37.5. The summed E-state index contributed by atoms with van der Waals surface area (Å²) in [6, 6.07) is -0.245. The van der Waals surface area contributed by atoms with Crippen LogP contribution in [0.5, 0.6) is 0 Å². The van der Waals surface area contributed by atoms with Gasteiger partial charge >= 0.3 is 0 Å². The predicted octanol–water partition coefficient (Wildman–Crippen LogP) is 4.83. The summed E-state index contributed by atoms with van der Waals surface area (Å²) in [5.41, 5.74) is 10.7. The van der Waals surface area contributed by atoms with E-state index in [1.54, 1.807) is 13.8 Å². The van der Waals surface area contributed by atoms with Gasteiger partial charge in [0, 0.05) is 5.92 Å². The van der Waals surface area contributed by atoms with Gasteiger partial charge in [0.2, 0.25) is 0 Å². The van der Waals surface area contributed by atoms with E-state index in [4.69, 9.17) is 16.6 Å². The summed E-state index contributed by atoms with van der Waals surface area (Å²) in [7, 11) is 6.72. The number of nitrogens with two attached hydrogens (primary N) is 2. The lowest BCUT2D eigenvalue weighted by Gasteiger charge is -2.43. The predicted molar refractivity (Wildman–Crippen MR) is 207 cm³/mol. The smallest absolute Gasteiger partial charge is 0.146 e. The molecular weight excluding hydrogens is 610 g/mol. The van der Waals surface area contributed by atoms with Crippen LogP contribution in [0, 0.1) is 35.5 Å². The number of carbonyl (C=O) groups excluding carboxylic acids is 1. The summed E-state index contributed by atoms with van der Waals surface area (Å²) in [5.74, 6) is 2.15. The van der Waals surface area contributed by atoms with Gasteiger partial charge in [0.15, 0.2) is 0 Å². The first-order chi connectivity index (χ1) is 20.8. The maximum Gasteiger partial charge on any atom is 0.146 e. The number of nitrogens with zero attached hydrogens (tertiary/aromatic N) is 1. The van der Waals surface area contributed by atoms with Crippen molar-refractivity contribution in [2.24, 2.45) is 47.0 Å². The van der Waals surface area contributed by atoms with E-state index in [1.807, 2.05) is 6.92 Å². The number of rotatable bonds is 12. The molecule has 6 atom stereocenters. The molecule has 0 bridgehead atoms. The van der Waals surface area contributed by atoms with Crippen LogP contribution in [-0.4, -0.2) is 118 Å². The Balaban J connectivity index is -0.000000117. The number of quaternary nitrogens is 1. The van der Waals surface area contributed by atoms with Crippen molar-refractivity contribution < 1.29 is 39.9 Å². The van der Waals surface area contributed by atoms with E-state index in [2.05, 4.69) is 76.5 Å². The molecule has 10 heteroatoms. The van der Waals surface area contributed by atoms with Crippen LogP contribution in [0.2, 0.25) is 0 Å². The van der Waals surface area contributed by atoms with Crippen molar-refractivity contribution in [2.45, 2.75) is 173 Å². The SMILES string of the molecule is C.C.CC(=O)[C@@H](N)CC(C)C.CC(C)C1C(O)C(O)C(O)C(O)C1O.CC(C)CCN.CC(C)CC[N+](C)(C)C.CCC(O)CC(C)C. The second-order valence-electron chi connectivity index (χ2n) is 16.0. The van der Waals surface area contributed by atoms with Gasteiger partial charge in [-0.2, -0.15) is 0 Å². The molecule has 0 aliphatic heterocycles. The summed E-state index contributed by atoms with van der Waals surface area (Å²) < 4.78 is 1.10. The second-order valence-corrected chi connectivity index (χ2v) is 16.0. The standard InChI is InChI=1S/C9H18O5.C8H20N.C7H15NO.C7H16O.C5H13N.2CH4/c1-3(2)4-5(10)7(12)9(14)8(13)6(4)11;1-8(2)6-7-9(3,4)5;1-5(2)4-7(8)6(3)9;1-4-7(8)5-6(2)3;1-5(2)3-4-6;;/h3-14H,1-2H3;8H,6-7H2,1-5H3;5,7H,4,8H2,1-3H3;6-8H,4-5H2,1-3H3;5H,3-4,6H2,1-2H3;2*1H4/q;+1;;;;;/t;;7-;;;;/m..0..../s1. The van der Waals surface area contributed by atoms with Gasteiger partial charge in [0.1, 0.15) is 24.1 Å². The third-order valence-corrected chi connectivity index (χ3v) is 7.54. The van der Waals surface area contributed by atoms with Crippen LogP contribution >= 0.6 is 0 Å². The Morgan fingerprint density at radius 1 is 0.667 bits per heavy atom. The quantitative estimate of drug-likeness (QED) is 0.132. The molecule has 1 saturated carbocycles. The van der Waals surface area contributed by atoms with E-state index in [-0.39, 0.29) is 38.7 Å². The monoisotopic (exact) mass is 701 g/mol. The van der Waals surface area contributed by atoms with E-state index >= 15 is 0 Å². The molecular formula is C38H90N3O7+. The Hall–Kier alpha value is -0.690. The summed E-state index contributed by atoms with van der Waals surface area (Å²) >= 11 is 0. The van der Waals surface area contributed by atoms with Crippen LogP contribution < -0.4 is 11.5 Å². The Labute approximate surface area is 299 Å². The van der Waals surface area contributed by atoms with E-state index in [1.165, 1.54) is 19.9 Å². The van der Waals surface area contributed by atoms with Crippen molar-refractivity contribution in [3.05, 3.63) is 0 Å². The van der Waals surface area contributed by atoms with Crippen molar-refractivity contribution in [1.29, 1.82) is 0 Å².